The van der Waals surface area contributed by atoms with Gasteiger partial charge in [-0.2, -0.15) is 0 Å². The fraction of sp³-hybridized carbons (Fsp3) is 0.438. The van der Waals surface area contributed by atoms with Crippen molar-refractivity contribution in [1.29, 1.82) is 0 Å². The van der Waals surface area contributed by atoms with Crippen LogP contribution in [0.1, 0.15) is 20.3 Å². The van der Waals surface area contributed by atoms with Crippen molar-refractivity contribution in [3.05, 3.63) is 42.5 Å². The Morgan fingerprint density at radius 3 is 2.29 bits per heavy atom. The Hall–Kier alpha value is -1.43. The second-order valence-corrected chi connectivity index (χ2v) is 8.46. The highest BCUT2D eigenvalue weighted by Crippen LogP contribution is 2.18. The molecule has 0 spiro atoms. The summed E-state index contributed by atoms with van der Waals surface area (Å²) in [6.07, 6.45) is 0.483. The Balaban J connectivity index is 2.72. The number of hydrogen-bond donors (Lipinski definition) is 0. The summed E-state index contributed by atoms with van der Waals surface area (Å²) in [4.78, 5) is 11.5. The number of rotatable bonds is 8. The summed E-state index contributed by atoms with van der Waals surface area (Å²) in [6, 6.07) is 10.7. The summed E-state index contributed by atoms with van der Waals surface area (Å²) in [7, 11) is 0.874. The molecule has 21 heavy (non-hydrogen) atoms. The van der Waals surface area contributed by atoms with Gasteiger partial charge in [0.15, 0.2) is 0 Å². The van der Waals surface area contributed by atoms with Gasteiger partial charge in [0, 0.05) is 19.8 Å². The van der Waals surface area contributed by atoms with Crippen LogP contribution in [0.2, 0.25) is 6.04 Å². The molecular formula is C16H24O4Si. The number of carbonyl (C=O) groups excluding carboxylic acids is 1. The Bertz CT molecular complexity index is 468. The summed E-state index contributed by atoms with van der Waals surface area (Å²) in [6.45, 7) is 7.09. The molecule has 1 unspecified atom stereocenters. The zero-order valence-electron chi connectivity index (χ0n) is 13.2. The van der Waals surface area contributed by atoms with E-state index in [1.165, 1.54) is 0 Å². The molecule has 0 heterocycles. The molecular weight excluding hydrogens is 284 g/mol. The van der Waals surface area contributed by atoms with Crippen molar-refractivity contribution in [1.82, 2.24) is 0 Å². The van der Waals surface area contributed by atoms with Gasteiger partial charge < -0.3 is 13.6 Å². The Morgan fingerprint density at radius 2 is 1.81 bits per heavy atom. The van der Waals surface area contributed by atoms with Crippen LogP contribution >= 0.6 is 0 Å². The molecule has 0 saturated heterocycles. The van der Waals surface area contributed by atoms with Crippen molar-refractivity contribution < 1.29 is 18.4 Å². The van der Waals surface area contributed by atoms with Crippen LogP contribution in [0.5, 0.6) is 0 Å². The molecule has 0 aliphatic rings. The van der Waals surface area contributed by atoms with Crippen LogP contribution in [0.4, 0.5) is 0 Å². The molecule has 0 amide bonds. The fourth-order valence-corrected chi connectivity index (χ4v) is 4.92. The van der Waals surface area contributed by atoms with Gasteiger partial charge in [0.05, 0.1) is 6.10 Å². The minimum Gasteiger partial charge on any atom is -0.459 e. The molecule has 1 atom stereocenters. The maximum Gasteiger partial charge on any atom is 0.372 e. The molecule has 1 rings (SSSR count). The van der Waals surface area contributed by atoms with E-state index in [2.05, 4.69) is 6.58 Å². The van der Waals surface area contributed by atoms with Crippen LogP contribution < -0.4 is 5.19 Å². The van der Waals surface area contributed by atoms with E-state index in [-0.39, 0.29) is 12.1 Å². The molecule has 0 N–H and O–H groups in total. The van der Waals surface area contributed by atoms with E-state index in [1.54, 1.807) is 21.1 Å². The number of hydrogen-bond acceptors (Lipinski definition) is 4. The lowest BCUT2D eigenvalue weighted by atomic mass is 10.3. The Morgan fingerprint density at radius 1 is 1.24 bits per heavy atom. The van der Waals surface area contributed by atoms with Gasteiger partial charge in [-0.25, -0.2) is 4.79 Å². The third-order valence-electron chi connectivity index (χ3n) is 3.41. The normalized spacial score (nSPS) is 12.8. The van der Waals surface area contributed by atoms with Crippen molar-refractivity contribution in [2.24, 2.45) is 0 Å². The molecule has 116 valence electrons. The molecule has 5 heteroatoms. The quantitative estimate of drug-likeness (QED) is 0.420. The van der Waals surface area contributed by atoms with Crippen molar-refractivity contribution in [3.8, 4) is 0 Å². The average molecular weight is 308 g/mol. The zero-order chi connectivity index (χ0) is 15.9. The van der Waals surface area contributed by atoms with Crippen molar-refractivity contribution in [2.45, 2.75) is 32.4 Å². The summed E-state index contributed by atoms with van der Waals surface area (Å²) in [5, 5.41) is 1.08. The fourth-order valence-electron chi connectivity index (χ4n) is 2.10. The lowest BCUT2D eigenvalue weighted by molar-refractivity contribution is -0.143. The van der Waals surface area contributed by atoms with Gasteiger partial charge in [0.2, 0.25) is 0 Å². The van der Waals surface area contributed by atoms with Gasteiger partial charge in [0.1, 0.15) is 0 Å². The number of ether oxygens (including phenoxy) is 1. The molecule has 1 aromatic rings. The smallest absolute Gasteiger partial charge is 0.372 e. The van der Waals surface area contributed by atoms with E-state index in [0.29, 0.717) is 18.0 Å². The minimum absolute atomic E-state index is 0.199. The molecule has 0 aliphatic carbocycles. The summed E-state index contributed by atoms with van der Waals surface area (Å²) in [5.41, 5.74) is 0.409. The SMILES string of the molecule is C=C(C)C(=O)OC(C)CC[Si](OC)(OC)c1ccccc1. The van der Waals surface area contributed by atoms with Gasteiger partial charge in [-0.05, 0) is 31.5 Å². The van der Waals surface area contributed by atoms with Crippen molar-refractivity contribution >= 4 is 19.7 Å². The second-order valence-electron chi connectivity index (χ2n) is 5.06. The largest absolute Gasteiger partial charge is 0.459 e. The lowest BCUT2D eigenvalue weighted by Gasteiger charge is -2.28. The standard InChI is InChI=1S/C16H24O4Si/c1-13(2)16(17)20-14(3)11-12-21(18-4,19-5)15-9-7-6-8-10-15/h6-10,14H,1,11-12H2,2-5H3. The van der Waals surface area contributed by atoms with E-state index >= 15 is 0 Å². The van der Waals surface area contributed by atoms with Crippen LogP contribution in [-0.2, 0) is 18.4 Å². The van der Waals surface area contributed by atoms with E-state index < -0.39 is 8.56 Å². The topological polar surface area (TPSA) is 44.8 Å². The molecule has 0 aromatic heterocycles. The zero-order valence-corrected chi connectivity index (χ0v) is 14.2. The first-order chi connectivity index (χ1) is 9.95. The summed E-state index contributed by atoms with van der Waals surface area (Å²) >= 11 is 0. The van der Waals surface area contributed by atoms with Crippen LogP contribution in [0.15, 0.2) is 42.5 Å². The predicted octanol–water partition coefficient (Wildman–Crippen LogP) is 2.53. The second kappa shape index (κ2) is 8.12. The summed E-state index contributed by atoms with van der Waals surface area (Å²) in [5.74, 6) is -0.357. The monoisotopic (exact) mass is 308 g/mol. The van der Waals surface area contributed by atoms with Crippen molar-refractivity contribution in [2.75, 3.05) is 14.2 Å². The first-order valence-electron chi connectivity index (χ1n) is 6.97. The van der Waals surface area contributed by atoms with Gasteiger partial charge in [-0.15, -0.1) is 0 Å². The molecule has 0 bridgehead atoms. The minimum atomic E-state index is -2.47. The molecule has 1 aromatic carbocycles. The van der Waals surface area contributed by atoms with Crippen LogP contribution in [0.3, 0.4) is 0 Å². The number of esters is 1. The van der Waals surface area contributed by atoms with E-state index in [9.17, 15) is 4.79 Å². The van der Waals surface area contributed by atoms with Gasteiger partial charge in [-0.3, -0.25) is 0 Å². The van der Waals surface area contributed by atoms with Crippen molar-refractivity contribution in [3.63, 3.8) is 0 Å². The van der Waals surface area contributed by atoms with Gasteiger partial charge >= 0.3 is 14.5 Å². The molecule has 0 saturated carbocycles. The highest BCUT2D eigenvalue weighted by Gasteiger charge is 2.38. The van der Waals surface area contributed by atoms with Crippen LogP contribution in [0.25, 0.3) is 0 Å². The van der Waals surface area contributed by atoms with E-state index in [4.69, 9.17) is 13.6 Å². The molecule has 0 fully saturated rings. The molecule has 0 radical (unpaired) electrons. The Kier molecular flexibility index (Phi) is 6.81. The van der Waals surface area contributed by atoms with Crippen LogP contribution in [0, 0.1) is 0 Å². The lowest BCUT2D eigenvalue weighted by Crippen LogP contribution is -2.52. The van der Waals surface area contributed by atoms with Crippen LogP contribution in [-0.4, -0.2) is 34.9 Å². The predicted molar refractivity (Wildman–Crippen MR) is 85.6 cm³/mol. The highest BCUT2D eigenvalue weighted by molar-refractivity contribution is 6.81. The Labute approximate surface area is 128 Å². The average Bonchev–Trinajstić information content (AvgIpc) is 2.49. The first-order valence-corrected chi connectivity index (χ1v) is 9.00. The maximum atomic E-state index is 11.5. The van der Waals surface area contributed by atoms with E-state index in [0.717, 1.165) is 5.19 Å². The number of carbonyl (C=O) groups is 1. The third kappa shape index (κ3) is 4.80. The van der Waals surface area contributed by atoms with E-state index in [1.807, 2.05) is 37.3 Å². The number of benzene rings is 1. The maximum absolute atomic E-state index is 11.5. The molecule has 0 aliphatic heterocycles. The summed E-state index contributed by atoms with van der Waals surface area (Å²) < 4.78 is 16.8. The third-order valence-corrected chi connectivity index (χ3v) is 6.89. The first kappa shape index (κ1) is 17.6. The highest BCUT2D eigenvalue weighted by atomic mass is 28.4. The molecule has 4 nitrogen and oxygen atoms in total. The van der Waals surface area contributed by atoms with Gasteiger partial charge in [-0.1, -0.05) is 36.9 Å². The van der Waals surface area contributed by atoms with Gasteiger partial charge in [0.25, 0.3) is 0 Å².